The van der Waals surface area contributed by atoms with Crippen LogP contribution in [0.1, 0.15) is 0 Å². The third-order valence-electron chi connectivity index (χ3n) is 0.0481. The Morgan fingerprint density at radius 1 is 2.00 bits per heavy atom. The number of hydrogen-bond donors (Lipinski definition) is 1. The molecular formula is H3NO2P. The minimum absolute atomic E-state index is 0.832. The van der Waals surface area contributed by atoms with Crippen LogP contribution in [0.3, 0.4) is 0 Å². The molecule has 4 heteroatoms. The third kappa shape index (κ3) is 2.31. The molecule has 0 saturated heterocycles. The highest BCUT2D eigenvalue weighted by atomic mass is 31.1. The maximum Gasteiger partial charge on any atom is 0.215 e. The van der Waals surface area contributed by atoms with Crippen LogP contribution >= 0.6 is 9.03 Å². The molecule has 2 N–H and O–H groups in total. The Hall–Kier alpha value is 0.310. The van der Waals surface area contributed by atoms with Gasteiger partial charge >= 0.3 is 0 Å². The molecule has 25 valence electrons. The Bertz CT molecular complexity index is 8.00. The highest BCUT2D eigenvalue weighted by molar-refractivity contribution is 7.24. The Morgan fingerprint density at radius 2 is 2.25 bits per heavy atom. The predicted octanol–water partition coefficient (Wildman–Crippen LogP) is -0.184. The van der Waals surface area contributed by atoms with Gasteiger partial charge in [0.2, 0.25) is 9.03 Å². The van der Waals surface area contributed by atoms with Crippen LogP contribution in [0.5, 0.6) is 0 Å². The van der Waals surface area contributed by atoms with Crippen molar-refractivity contribution in [2.24, 2.45) is 5.90 Å². The summed E-state index contributed by atoms with van der Waals surface area (Å²) < 4.78 is 3.51. The highest BCUT2D eigenvalue weighted by Gasteiger charge is 1.58. The number of hydrogen-bond acceptors (Lipinski definition) is 2. The first-order chi connectivity index (χ1) is 1.91. The van der Waals surface area contributed by atoms with Crippen molar-refractivity contribution in [3.05, 3.63) is 0 Å². The summed E-state index contributed by atoms with van der Waals surface area (Å²) in [6, 6.07) is 0. The molecular weight excluding hydrogens is 77.0 g/mol. The largest absolute Gasteiger partial charge is 0.253 e. The van der Waals surface area contributed by atoms with E-state index in [9.17, 15) is 0 Å². The van der Waals surface area contributed by atoms with E-state index in [0.717, 1.165) is 0 Å². The topological polar surface area (TPSA) is 55.1 Å². The Labute approximate surface area is 25.7 Å². The van der Waals surface area contributed by atoms with Gasteiger partial charge < -0.3 is 0 Å². The summed E-state index contributed by atoms with van der Waals surface area (Å²) in [6.45, 7) is 0. The van der Waals surface area contributed by atoms with E-state index in [4.69, 9.17) is 4.89 Å². The molecule has 0 aliphatic heterocycles. The van der Waals surface area contributed by atoms with Gasteiger partial charge in [-0.3, -0.25) is 4.62 Å². The van der Waals surface area contributed by atoms with Gasteiger partial charge in [-0.15, -0.1) is 0 Å². The molecule has 4 heavy (non-hydrogen) atoms. The summed E-state index contributed by atoms with van der Waals surface area (Å²) >= 11 is 0. The summed E-state index contributed by atoms with van der Waals surface area (Å²) in [4.78, 5) is 8.98. The van der Waals surface area contributed by atoms with Gasteiger partial charge in [0.1, 0.15) is 0 Å². The normalized spacial score (nSPS) is 10.5. The van der Waals surface area contributed by atoms with Crippen molar-refractivity contribution in [1.82, 2.24) is 0 Å². The summed E-state index contributed by atoms with van der Waals surface area (Å²) in [5.74, 6) is 4.23. The van der Waals surface area contributed by atoms with Crippen LogP contribution in [0.2, 0.25) is 0 Å². The van der Waals surface area contributed by atoms with E-state index in [1.165, 1.54) is 0 Å². The average molecular weight is 80.0 g/mol. The maximum atomic E-state index is 8.98. The predicted molar refractivity (Wildman–Crippen MR) is 14.3 cm³/mol. The lowest BCUT2D eigenvalue weighted by molar-refractivity contribution is 0.316. The summed E-state index contributed by atoms with van der Waals surface area (Å²) in [5, 5.41) is 0. The van der Waals surface area contributed by atoms with Gasteiger partial charge in [0, 0.05) is 0 Å². The van der Waals surface area contributed by atoms with Crippen molar-refractivity contribution in [3.8, 4) is 0 Å². The molecule has 1 unspecified atom stereocenters. The van der Waals surface area contributed by atoms with Crippen LogP contribution in [0.25, 0.3) is 0 Å². The molecule has 0 fully saturated rings. The first-order valence-electron chi connectivity index (χ1n) is 0.644. The van der Waals surface area contributed by atoms with Gasteiger partial charge in [-0.1, -0.05) is 0 Å². The molecule has 0 heterocycles. The Kier molecular flexibility index (Phi) is 3.57. The summed E-state index contributed by atoms with van der Waals surface area (Å²) in [6.07, 6.45) is 0. The molecule has 0 aromatic carbocycles. The zero-order valence-electron chi connectivity index (χ0n) is 1.89. The van der Waals surface area contributed by atoms with E-state index in [1.807, 2.05) is 0 Å². The monoisotopic (exact) mass is 80.0 g/mol. The van der Waals surface area contributed by atoms with Crippen molar-refractivity contribution < 1.29 is 9.52 Å². The first-order valence-corrected chi connectivity index (χ1v) is 1.46. The molecule has 3 nitrogen and oxygen atoms in total. The van der Waals surface area contributed by atoms with E-state index in [2.05, 4.69) is 10.5 Å². The quantitative estimate of drug-likeness (QED) is 0.350. The average Bonchev–Trinajstić information content (AvgIpc) is 1.37. The Balaban J connectivity index is 1.97. The third-order valence-corrected chi connectivity index (χ3v) is 0.144. The van der Waals surface area contributed by atoms with Gasteiger partial charge in [0.15, 0.2) is 0 Å². The maximum absolute atomic E-state index is 8.98. The van der Waals surface area contributed by atoms with Gasteiger partial charge in [0.05, 0.1) is 0 Å². The molecule has 0 bridgehead atoms. The second kappa shape index (κ2) is 3.31. The van der Waals surface area contributed by atoms with Crippen LogP contribution in [0.4, 0.5) is 0 Å². The fourth-order valence-corrected chi connectivity index (χ4v) is 0. The van der Waals surface area contributed by atoms with E-state index < -0.39 is 9.03 Å². The molecule has 0 saturated carbocycles. The Morgan fingerprint density at radius 3 is 2.25 bits per heavy atom. The van der Waals surface area contributed by atoms with Gasteiger partial charge in [-0.05, 0) is 0 Å². The molecule has 0 aromatic heterocycles. The number of nitrogens with two attached hydrogens (primary N) is 1. The summed E-state index contributed by atoms with van der Waals surface area (Å²) in [5.41, 5.74) is 0. The summed E-state index contributed by atoms with van der Waals surface area (Å²) in [7, 11) is -0.832. The van der Waals surface area contributed by atoms with E-state index in [1.54, 1.807) is 0 Å². The molecule has 0 rings (SSSR count). The number of rotatable bonds is 1. The zero-order valence-corrected chi connectivity index (χ0v) is 2.89. The minimum Gasteiger partial charge on any atom is -0.253 e. The molecule has 0 spiro atoms. The zero-order chi connectivity index (χ0) is 3.41. The highest BCUT2D eigenvalue weighted by Crippen LogP contribution is 1.94. The van der Waals surface area contributed by atoms with Crippen LogP contribution in [-0.2, 0) is 9.52 Å². The van der Waals surface area contributed by atoms with Crippen molar-refractivity contribution in [1.29, 1.82) is 0 Å². The lowest BCUT2D eigenvalue weighted by Gasteiger charge is -1.71. The molecule has 0 aromatic rings. The lowest BCUT2D eigenvalue weighted by atomic mass is 13.6. The van der Waals surface area contributed by atoms with Gasteiger partial charge in [0.25, 0.3) is 0 Å². The second-order valence-corrected chi connectivity index (χ2v) is 0.604. The first kappa shape index (κ1) is 4.31. The second-order valence-electron chi connectivity index (χ2n) is 0.201. The lowest BCUT2D eigenvalue weighted by Crippen LogP contribution is -1.81. The van der Waals surface area contributed by atoms with Crippen LogP contribution < -0.4 is 5.90 Å². The van der Waals surface area contributed by atoms with Crippen molar-refractivity contribution in [3.63, 3.8) is 0 Å². The van der Waals surface area contributed by atoms with E-state index >= 15 is 0 Å². The molecule has 0 aliphatic rings. The van der Waals surface area contributed by atoms with Crippen LogP contribution in [0.15, 0.2) is 0 Å². The van der Waals surface area contributed by atoms with E-state index in [0.29, 0.717) is 0 Å². The fourth-order valence-electron chi connectivity index (χ4n) is 0. The standard InChI is InChI=1S/H3NO2P/c1-3-4-2/h4H,1H2. The fraction of sp³-hybridized carbons (Fsp3) is 0. The smallest absolute Gasteiger partial charge is 0.215 e. The van der Waals surface area contributed by atoms with Crippen molar-refractivity contribution >= 4 is 9.03 Å². The van der Waals surface area contributed by atoms with Gasteiger partial charge in [-0.25, -0.2) is 5.90 Å². The molecule has 1 atom stereocenters. The SMILES string of the molecule is NOP[O]. The minimum atomic E-state index is -0.832. The van der Waals surface area contributed by atoms with Gasteiger partial charge in [-0.2, -0.15) is 4.89 Å². The van der Waals surface area contributed by atoms with Crippen LogP contribution in [-0.4, -0.2) is 0 Å². The van der Waals surface area contributed by atoms with Crippen molar-refractivity contribution in [2.45, 2.75) is 0 Å². The molecule has 1 radical (unpaired) electrons. The molecule has 0 aliphatic carbocycles. The van der Waals surface area contributed by atoms with Crippen LogP contribution in [0, 0.1) is 0 Å². The van der Waals surface area contributed by atoms with E-state index in [-0.39, 0.29) is 0 Å². The van der Waals surface area contributed by atoms with Crippen molar-refractivity contribution in [2.75, 3.05) is 0 Å². The molecule has 0 amide bonds.